The Balaban J connectivity index is 1.92. The van der Waals surface area contributed by atoms with Crippen LogP contribution >= 0.6 is 0 Å². The number of allylic oxidation sites excluding steroid dienone is 1. The van der Waals surface area contributed by atoms with Gasteiger partial charge in [0.05, 0.1) is 18.0 Å². The van der Waals surface area contributed by atoms with Crippen LogP contribution in [0, 0.1) is 0 Å². The third-order valence-electron chi connectivity index (χ3n) is 5.40. The first-order valence-corrected chi connectivity index (χ1v) is 10.3. The van der Waals surface area contributed by atoms with Gasteiger partial charge in [-0.2, -0.15) is 0 Å². The zero-order valence-corrected chi connectivity index (χ0v) is 18.6. The van der Waals surface area contributed by atoms with Gasteiger partial charge >= 0.3 is 11.7 Å². The van der Waals surface area contributed by atoms with Gasteiger partial charge in [-0.05, 0) is 42.3 Å². The monoisotopic (exact) mass is 451 g/mol. The highest BCUT2D eigenvalue weighted by atomic mass is 16.5. The molecule has 0 fully saturated rings. The van der Waals surface area contributed by atoms with Crippen molar-refractivity contribution in [3.8, 4) is 5.75 Å². The smallest absolute Gasteiger partial charge is 0.331 e. The maximum Gasteiger partial charge on any atom is 0.331 e. The summed E-state index contributed by atoms with van der Waals surface area (Å²) in [7, 11) is 3.09. The van der Waals surface area contributed by atoms with E-state index in [4.69, 9.17) is 4.74 Å². The number of fused-ring (bicyclic) bond motifs is 1. The molecule has 3 aromatic rings. The molecule has 1 amide bonds. The second kappa shape index (κ2) is 9.99. The van der Waals surface area contributed by atoms with E-state index in [1.165, 1.54) is 23.8 Å². The maximum absolute atomic E-state index is 13.0. The molecule has 1 heterocycles. The SMILES string of the molecule is CC/C(=C\Cn1c(=O)c2cc(C(=O)NCc3ccc(OC)cc3)ccc2n(C)c1=O)C(=O)O. The van der Waals surface area contributed by atoms with Gasteiger partial charge in [0.15, 0.2) is 0 Å². The molecule has 0 aliphatic carbocycles. The number of nitrogens with zero attached hydrogens (tertiary/aromatic N) is 2. The van der Waals surface area contributed by atoms with Crippen LogP contribution in [0.4, 0.5) is 0 Å². The number of amides is 1. The number of methoxy groups -OCH3 is 1. The van der Waals surface area contributed by atoms with Crippen molar-refractivity contribution in [3.63, 3.8) is 0 Å². The molecule has 0 radical (unpaired) electrons. The van der Waals surface area contributed by atoms with Crippen molar-refractivity contribution in [2.75, 3.05) is 7.11 Å². The molecule has 3 rings (SSSR count). The van der Waals surface area contributed by atoms with Crippen LogP contribution in [0.1, 0.15) is 29.3 Å². The van der Waals surface area contributed by atoms with Gasteiger partial charge in [0.2, 0.25) is 0 Å². The number of carbonyl (C=O) groups is 2. The first-order chi connectivity index (χ1) is 15.8. The van der Waals surface area contributed by atoms with Crippen molar-refractivity contribution in [2.45, 2.75) is 26.4 Å². The topological polar surface area (TPSA) is 120 Å². The Hall–Kier alpha value is -4.14. The van der Waals surface area contributed by atoms with E-state index >= 15 is 0 Å². The van der Waals surface area contributed by atoms with Gasteiger partial charge < -0.3 is 15.2 Å². The third kappa shape index (κ3) is 5.03. The van der Waals surface area contributed by atoms with Crippen LogP contribution in [0.5, 0.6) is 5.75 Å². The number of rotatable bonds is 8. The number of carboxylic acids is 1. The Morgan fingerprint density at radius 3 is 2.42 bits per heavy atom. The van der Waals surface area contributed by atoms with Gasteiger partial charge in [-0.15, -0.1) is 0 Å². The number of nitrogens with one attached hydrogen (secondary N) is 1. The molecule has 2 aromatic carbocycles. The fraction of sp³-hybridized carbons (Fsp3) is 0.250. The molecule has 0 saturated heterocycles. The normalized spacial score (nSPS) is 11.4. The predicted molar refractivity (Wildman–Crippen MR) is 124 cm³/mol. The number of hydrogen-bond acceptors (Lipinski definition) is 5. The number of benzene rings is 2. The summed E-state index contributed by atoms with van der Waals surface area (Å²) in [5.74, 6) is -0.753. The molecular weight excluding hydrogens is 426 g/mol. The second-order valence-electron chi connectivity index (χ2n) is 7.41. The summed E-state index contributed by atoms with van der Waals surface area (Å²) in [5.41, 5.74) is 0.484. The van der Waals surface area contributed by atoms with Gasteiger partial charge in [0.1, 0.15) is 5.75 Å². The average Bonchev–Trinajstić information content (AvgIpc) is 2.83. The third-order valence-corrected chi connectivity index (χ3v) is 5.40. The summed E-state index contributed by atoms with van der Waals surface area (Å²) in [4.78, 5) is 49.6. The number of carbonyl (C=O) groups excluding carboxylic acids is 1. The quantitative estimate of drug-likeness (QED) is 0.506. The number of aliphatic carboxylic acids is 1. The van der Waals surface area contributed by atoms with E-state index in [-0.39, 0.29) is 41.9 Å². The summed E-state index contributed by atoms with van der Waals surface area (Å²) in [6, 6.07) is 11.8. The van der Waals surface area contributed by atoms with E-state index in [1.807, 2.05) is 12.1 Å². The highest BCUT2D eigenvalue weighted by Crippen LogP contribution is 2.13. The van der Waals surface area contributed by atoms with Gasteiger partial charge in [-0.1, -0.05) is 25.1 Å². The highest BCUT2D eigenvalue weighted by Gasteiger charge is 2.14. The number of hydrogen-bond donors (Lipinski definition) is 2. The Kier molecular flexibility index (Phi) is 7.12. The number of carboxylic acid groups (broad SMARTS) is 1. The Bertz CT molecular complexity index is 1350. The minimum Gasteiger partial charge on any atom is -0.497 e. The van der Waals surface area contributed by atoms with E-state index in [0.29, 0.717) is 11.3 Å². The van der Waals surface area contributed by atoms with Crippen molar-refractivity contribution in [1.82, 2.24) is 14.5 Å². The molecule has 0 saturated carbocycles. The molecule has 9 nitrogen and oxygen atoms in total. The van der Waals surface area contributed by atoms with Crippen molar-refractivity contribution >= 4 is 22.8 Å². The van der Waals surface area contributed by atoms with Gasteiger partial charge in [0.25, 0.3) is 11.5 Å². The van der Waals surface area contributed by atoms with Crippen molar-refractivity contribution in [3.05, 3.63) is 86.1 Å². The highest BCUT2D eigenvalue weighted by molar-refractivity contribution is 5.97. The van der Waals surface area contributed by atoms with E-state index in [2.05, 4.69) is 5.32 Å². The molecule has 0 atom stereocenters. The van der Waals surface area contributed by atoms with Crippen molar-refractivity contribution < 1.29 is 19.4 Å². The molecule has 0 aliphatic rings. The van der Waals surface area contributed by atoms with Gasteiger partial charge in [-0.25, -0.2) is 9.59 Å². The Labute approximate surface area is 189 Å². The fourth-order valence-corrected chi connectivity index (χ4v) is 3.43. The summed E-state index contributed by atoms with van der Waals surface area (Å²) in [5, 5.41) is 12.2. The largest absolute Gasteiger partial charge is 0.497 e. The van der Waals surface area contributed by atoms with Crippen LogP contribution in [0.2, 0.25) is 0 Å². The van der Waals surface area contributed by atoms with Gasteiger partial charge in [-0.3, -0.25) is 18.7 Å². The number of aromatic nitrogens is 2. The molecule has 33 heavy (non-hydrogen) atoms. The summed E-state index contributed by atoms with van der Waals surface area (Å²) in [6.07, 6.45) is 1.61. The van der Waals surface area contributed by atoms with Crippen molar-refractivity contribution in [2.24, 2.45) is 7.05 Å². The molecule has 0 bridgehead atoms. The lowest BCUT2D eigenvalue weighted by Gasteiger charge is -2.11. The zero-order chi connectivity index (χ0) is 24.1. The lowest BCUT2D eigenvalue weighted by Crippen LogP contribution is -2.39. The molecule has 9 heteroatoms. The number of aryl methyl sites for hydroxylation is 1. The average molecular weight is 451 g/mol. The first-order valence-electron chi connectivity index (χ1n) is 10.3. The Morgan fingerprint density at radius 2 is 1.82 bits per heavy atom. The van der Waals surface area contributed by atoms with Crippen LogP contribution < -0.4 is 21.3 Å². The fourth-order valence-electron chi connectivity index (χ4n) is 3.43. The molecule has 0 unspecified atom stereocenters. The lowest BCUT2D eigenvalue weighted by molar-refractivity contribution is -0.132. The minimum absolute atomic E-state index is 0.107. The molecular formula is C24H25N3O6. The molecule has 2 N–H and O–H groups in total. The van der Waals surface area contributed by atoms with Crippen LogP contribution in [-0.4, -0.2) is 33.2 Å². The summed E-state index contributed by atoms with van der Waals surface area (Å²) >= 11 is 0. The van der Waals surface area contributed by atoms with E-state index in [0.717, 1.165) is 10.1 Å². The van der Waals surface area contributed by atoms with E-state index in [1.54, 1.807) is 38.3 Å². The molecule has 0 spiro atoms. The van der Waals surface area contributed by atoms with Crippen LogP contribution in [0.15, 0.2) is 63.7 Å². The van der Waals surface area contributed by atoms with E-state index < -0.39 is 17.2 Å². The molecule has 0 aliphatic heterocycles. The standard InChI is InChI=1S/C24H25N3O6/c1-4-16(23(30)31)11-12-27-22(29)19-13-17(7-10-20(19)26(2)24(27)32)21(28)25-14-15-5-8-18(33-3)9-6-15/h5-11,13H,4,12,14H2,1-3H3,(H,25,28)(H,30,31)/b16-11+. The zero-order valence-electron chi connectivity index (χ0n) is 18.6. The summed E-state index contributed by atoms with van der Waals surface area (Å²) in [6.45, 7) is 1.79. The lowest BCUT2D eigenvalue weighted by atomic mass is 10.1. The van der Waals surface area contributed by atoms with Crippen LogP contribution in [0.25, 0.3) is 10.9 Å². The molecule has 172 valence electrons. The van der Waals surface area contributed by atoms with Crippen LogP contribution in [-0.2, 0) is 24.9 Å². The maximum atomic E-state index is 13.0. The minimum atomic E-state index is -1.10. The first kappa shape index (κ1) is 23.5. The van der Waals surface area contributed by atoms with Crippen LogP contribution in [0.3, 0.4) is 0 Å². The van der Waals surface area contributed by atoms with E-state index in [9.17, 15) is 24.3 Å². The Morgan fingerprint density at radius 1 is 1.12 bits per heavy atom. The van der Waals surface area contributed by atoms with Gasteiger partial charge in [0, 0.05) is 31.3 Å². The predicted octanol–water partition coefficient (Wildman–Crippen LogP) is 2.06. The molecule has 1 aromatic heterocycles. The second-order valence-corrected chi connectivity index (χ2v) is 7.41. The van der Waals surface area contributed by atoms with Crippen molar-refractivity contribution in [1.29, 1.82) is 0 Å². The number of ether oxygens (including phenoxy) is 1. The summed E-state index contributed by atoms with van der Waals surface area (Å²) < 4.78 is 7.38.